The van der Waals surface area contributed by atoms with Crippen LogP contribution in [-0.2, 0) is 4.79 Å². The minimum Gasteiger partial charge on any atom is -0.296 e. The highest BCUT2D eigenvalue weighted by Crippen LogP contribution is 2.26. The maximum Gasteiger partial charge on any atom is 0.259 e. The third-order valence-electron chi connectivity index (χ3n) is 4.41. The van der Waals surface area contributed by atoms with E-state index in [2.05, 4.69) is 38.1 Å². The molecule has 1 aromatic carbocycles. The number of aliphatic imine (C=N–C) groups is 2. The zero-order valence-electron chi connectivity index (χ0n) is 17.8. The number of alkyl halides is 1. The normalized spacial score (nSPS) is 15.4. The van der Waals surface area contributed by atoms with E-state index in [1.807, 2.05) is 44.2 Å². The number of aryl methyl sites for hydroxylation is 1. The molecule has 1 aromatic heterocycles. The molecule has 0 aliphatic carbocycles. The summed E-state index contributed by atoms with van der Waals surface area (Å²) in [6.07, 6.45) is 8.88. The quantitative estimate of drug-likeness (QED) is 0.398. The number of amidine groups is 2. The molecule has 1 aliphatic heterocycles. The van der Waals surface area contributed by atoms with Crippen LogP contribution in [0.25, 0.3) is 16.8 Å². The van der Waals surface area contributed by atoms with Crippen molar-refractivity contribution in [2.24, 2.45) is 9.98 Å². The van der Waals surface area contributed by atoms with E-state index in [0.717, 1.165) is 22.5 Å². The molecule has 2 heterocycles. The molecule has 0 N–H and O–H groups in total. The van der Waals surface area contributed by atoms with Gasteiger partial charge in [0.1, 0.15) is 11.7 Å². The third-order valence-corrected chi connectivity index (χ3v) is 4.41. The minimum absolute atomic E-state index is 0.0537. The summed E-state index contributed by atoms with van der Waals surface area (Å²) in [5.74, 6) is 1.23. The highest BCUT2D eigenvalue weighted by Gasteiger charge is 2.26. The van der Waals surface area contributed by atoms with E-state index in [1.54, 1.807) is 24.2 Å². The Morgan fingerprint density at radius 3 is 2.50 bits per heavy atom. The lowest BCUT2D eigenvalue weighted by Crippen LogP contribution is -2.40. The number of carbonyl (C=O) groups excluding carboxylic acids is 1. The van der Waals surface area contributed by atoms with Crippen molar-refractivity contribution in [1.82, 2.24) is 14.9 Å². The van der Waals surface area contributed by atoms with Gasteiger partial charge in [0.15, 0.2) is 0 Å². The molecule has 0 atom stereocenters. The van der Waals surface area contributed by atoms with Crippen molar-refractivity contribution in [3.05, 3.63) is 66.8 Å². The van der Waals surface area contributed by atoms with Crippen LogP contribution in [-0.4, -0.2) is 45.4 Å². The highest BCUT2D eigenvalue weighted by molar-refractivity contribution is 6.27. The van der Waals surface area contributed by atoms with Gasteiger partial charge < -0.3 is 0 Å². The van der Waals surface area contributed by atoms with Gasteiger partial charge in [-0.25, -0.2) is 15.0 Å². The number of benzene rings is 1. The number of amides is 1. The highest BCUT2D eigenvalue weighted by atomic mass is 35.5. The Balaban J connectivity index is 0.00000155. The fourth-order valence-corrected chi connectivity index (χ4v) is 3.10. The lowest BCUT2D eigenvalue weighted by molar-refractivity contribution is -0.121. The van der Waals surface area contributed by atoms with Gasteiger partial charge in [-0.1, -0.05) is 36.9 Å². The van der Waals surface area contributed by atoms with Crippen molar-refractivity contribution in [2.75, 3.05) is 12.9 Å². The first-order valence-corrected chi connectivity index (χ1v) is 10.3. The second kappa shape index (κ2) is 11.2. The van der Waals surface area contributed by atoms with Gasteiger partial charge in [0, 0.05) is 42.9 Å². The number of nitrogens with zero attached hydrogens (tertiary/aromatic N) is 5. The number of rotatable bonds is 4. The molecule has 0 saturated heterocycles. The predicted molar refractivity (Wildman–Crippen MR) is 125 cm³/mol. The fourth-order valence-electron chi connectivity index (χ4n) is 3.10. The Morgan fingerprint density at radius 1 is 1.23 bits per heavy atom. The SMILES string of the molecule is C=CN=C(C)N=C1CC=C(c2ccc(-c3cncc(C)n3)cc2)C(=O)N1CC.CCl. The van der Waals surface area contributed by atoms with Gasteiger partial charge in [-0.2, -0.15) is 0 Å². The van der Waals surface area contributed by atoms with E-state index in [9.17, 15) is 4.79 Å². The van der Waals surface area contributed by atoms with E-state index in [0.29, 0.717) is 30.2 Å². The maximum atomic E-state index is 13.0. The van der Waals surface area contributed by atoms with Crippen LogP contribution >= 0.6 is 11.6 Å². The lowest BCUT2D eigenvalue weighted by Gasteiger charge is -2.27. The maximum absolute atomic E-state index is 13.0. The standard InChI is InChI=1S/C22H23N5O.CH3Cl/c1-5-24-16(4)26-21-12-11-19(22(28)27(21)6-2)17-7-9-18(10-8-17)20-14-23-13-15(3)25-20;1-2/h5,7-11,13-14H,1,6,12H2,2-4H3;1H3. The third kappa shape index (κ3) is 5.48. The average molecular weight is 424 g/mol. The van der Waals surface area contributed by atoms with Crippen LogP contribution in [0.5, 0.6) is 0 Å². The van der Waals surface area contributed by atoms with Crippen molar-refractivity contribution >= 4 is 34.8 Å². The second-order valence-corrected chi connectivity index (χ2v) is 6.38. The zero-order chi connectivity index (χ0) is 22.1. The second-order valence-electron chi connectivity index (χ2n) is 6.38. The topological polar surface area (TPSA) is 70.8 Å². The molecular formula is C23H26ClN5O. The number of hydrogen-bond donors (Lipinski definition) is 0. The van der Waals surface area contributed by atoms with Gasteiger partial charge in [-0.3, -0.25) is 14.7 Å². The molecule has 30 heavy (non-hydrogen) atoms. The smallest absolute Gasteiger partial charge is 0.259 e. The van der Waals surface area contributed by atoms with Crippen molar-refractivity contribution < 1.29 is 4.79 Å². The molecular weight excluding hydrogens is 398 g/mol. The Bertz CT molecular complexity index is 993. The predicted octanol–water partition coefficient (Wildman–Crippen LogP) is 4.90. The zero-order valence-corrected chi connectivity index (χ0v) is 18.5. The first-order chi connectivity index (χ1) is 14.5. The van der Waals surface area contributed by atoms with E-state index < -0.39 is 0 Å². The van der Waals surface area contributed by atoms with E-state index in [4.69, 9.17) is 0 Å². The molecule has 3 rings (SSSR count). The van der Waals surface area contributed by atoms with Crippen LogP contribution in [0.4, 0.5) is 0 Å². The minimum atomic E-state index is -0.0537. The first kappa shape index (κ1) is 23.2. The molecule has 6 nitrogen and oxygen atoms in total. The van der Waals surface area contributed by atoms with Crippen LogP contribution < -0.4 is 0 Å². The molecule has 156 valence electrons. The molecule has 0 spiro atoms. The first-order valence-electron chi connectivity index (χ1n) is 9.55. The van der Waals surface area contributed by atoms with Gasteiger partial charge in [-0.15, -0.1) is 11.6 Å². The molecule has 0 unspecified atom stereocenters. The number of halogens is 1. The number of aromatic nitrogens is 2. The molecule has 1 aliphatic rings. The summed E-state index contributed by atoms with van der Waals surface area (Å²) < 4.78 is 0. The van der Waals surface area contributed by atoms with E-state index in [-0.39, 0.29) is 5.91 Å². The molecule has 0 bridgehead atoms. The Morgan fingerprint density at radius 2 is 1.90 bits per heavy atom. The lowest BCUT2D eigenvalue weighted by atomic mass is 9.98. The molecule has 7 heteroatoms. The number of hydrogen-bond acceptors (Lipinski definition) is 4. The number of carbonyl (C=O) groups is 1. The molecule has 0 radical (unpaired) electrons. The summed E-state index contributed by atoms with van der Waals surface area (Å²) >= 11 is 4.64. The van der Waals surface area contributed by atoms with Gasteiger partial charge >= 0.3 is 0 Å². The van der Waals surface area contributed by atoms with Crippen LogP contribution in [0, 0.1) is 6.92 Å². The summed E-state index contributed by atoms with van der Waals surface area (Å²) in [4.78, 5) is 31.9. The number of likely N-dealkylation sites (N-methyl/N-ethyl adjacent to an activating group) is 1. The molecule has 0 fully saturated rings. The van der Waals surface area contributed by atoms with Crippen molar-refractivity contribution in [3.8, 4) is 11.3 Å². The van der Waals surface area contributed by atoms with Gasteiger partial charge in [0.2, 0.25) is 0 Å². The monoisotopic (exact) mass is 423 g/mol. The van der Waals surface area contributed by atoms with Crippen molar-refractivity contribution in [3.63, 3.8) is 0 Å². The summed E-state index contributed by atoms with van der Waals surface area (Å²) in [7, 11) is 0. The van der Waals surface area contributed by atoms with Crippen molar-refractivity contribution in [1.29, 1.82) is 0 Å². The van der Waals surface area contributed by atoms with Crippen LogP contribution in [0.2, 0.25) is 0 Å². The Labute approximate surface area is 182 Å². The largest absolute Gasteiger partial charge is 0.296 e. The van der Waals surface area contributed by atoms with E-state index in [1.165, 1.54) is 12.6 Å². The Hall–Kier alpha value is -3.12. The molecule has 1 amide bonds. The summed E-state index contributed by atoms with van der Waals surface area (Å²) in [5.41, 5.74) is 4.21. The van der Waals surface area contributed by atoms with Crippen molar-refractivity contribution in [2.45, 2.75) is 27.2 Å². The van der Waals surface area contributed by atoms with Gasteiger partial charge in [0.25, 0.3) is 5.91 Å². The summed E-state index contributed by atoms with van der Waals surface area (Å²) in [5, 5.41) is 0. The van der Waals surface area contributed by atoms with E-state index >= 15 is 0 Å². The Kier molecular flexibility index (Phi) is 8.62. The summed E-state index contributed by atoms with van der Waals surface area (Å²) in [6.45, 7) is 9.77. The molecule has 0 saturated carbocycles. The van der Waals surface area contributed by atoms with Crippen LogP contribution in [0.15, 0.2) is 65.5 Å². The average Bonchev–Trinajstić information content (AvgIpc) is 2.76. The summed E-state index contributed by atoms with van der Waals surface area (Å²) in [6, 6.07) is 7.83. The van der Waals surface area contributed by atoms with Crippen LogP contribution in [0.3, 0.4) is 0 Å². The van der Waals surface area contributed by atoms with Crippen LogP contribution in [0.1, 0.15) is 31.5 Å². The molecule has 2 aromatic rings. The van der Waals surface area contributed by atoms with Gasteiger partial charge in [-0.05, 0) is 26.3 Å². The fraction of sp³-hybridized carbons (Fsp3) is 0.261. The van der Waals surface area contributed by atoms with Gasteiger partial charge in [0.05, 0.1) is 17.6 Å².